The van der Waals surface area contributed by atoms with Crippen LogP contribution in [0.3, 0.4) is 0 Å². The standard InChI is InChI=1S/C20H16Cl2N4/c1-11-17(13-3-7-15(21)8-4-13)23-25-19(11)20-12(2)18(24-26-20)14-5-9-16(22)10-6-14/h3-12H,1-2H3/t11-,12+. The second kappa shape index (κ2) is 6.78. The van der Waals surface area contributed by atoms with Crippen molar-refractivity contribution in [3.63, 3.8) is 0 Å². The SMILES string of the molecule is C[C@@H]1C(C2=NN=C(c3ccc(Cl)cc3)[C@H]2C)=NN=C1c1ccc(Cl)cc1. The number of halogens is 2. The number of nitrogens with zero attached hydrogens (tertiary/aromatic N) is 4. The quantitative estimate of drug-likeness (QED) is 0.692. The van der Waals surface area contributed by atoms with Crippen LogP contribution in [0.5, 0.6) is 0 Å². The normalized spacial score (nSPS) is 22.0. The van der Waals surface area contributed by atoms with Crippen LogP contribution in [0, 0.1) is 11.8 Å². The van der Waals surface area contributed by atoms with Gasteiger partial charge in [0, 0.05) is 21.9 Å². The van der Waals surface area contributed by atoms with Gasteiger partial charge in [-0.2, -0.15) is 20.4 Å². The molecule has 0 spiro atoms. The summed E-state index contributed by atoms with van der Waals surface area (Å²) in [6.07, 6.45) is 0. The van der Waals surface area contributed by atoms with Crippen LogP contribution in [0.15, 0.2) is 68.9 Å². The van der Waals surface area contributed by atoms with Gasteiger partial charge in [0.15, 0.2) is 0 Å². The number of hydrogen-bond donors (Lipinski definition) is 0. The van der Waals surface area contributed by atoms with E-state index in [4.69, 9.17) is 23.2 Å². The summed E-state index contributed by atoms with van der Waals surface area (Å²) in [7, 11) is 0. The molecule has 0 saturated heterocycles. The largest absolute Gasteiger partial charge is 0.154 e. The van der Waals surface area contributed by atoms with E-state index in [0.717, 1.165) is 34.0 Å². The molecule has 0 aromatic heterocycles. The molecule has 2 aliphatic heterocycles. The van der Waals surface area contributed by atoms with Gasteiger partial charge in [-0.1, -0.05) is 61.3 Å². The van der Waals surface area contributed by atoms with E-state index < -0.39 is 0 Å². The molecule has 0 saturated carbocycles. The molecule has 2 aliphatic rings. The molecule has 0 amide bonds. The Hall–Kier alpha value is -2.30. The Bertz CT molecular complexity index is 888. The fourth-order valence-electron chi connectivity index (χ4n) is 3.22. The van der Waals surface area contributed by atoms with E-state index in [2.05, 4.69) is 34.3 Å². The lowest BCUT2D eigenvalue weighted by Gasteiger charge is -2.14. The Labute approximate surface area is 162 Å². The fourth-order valence-corrected chi connectivity index (χ4v) is 3.48. The van der Waals surface area contributed by atoms with Crippen LogP contribution in [0.2, 0.25) is 10.0 Å². The molecule has 4 rings (SSSR count). The van der Waals surface area contributed by atoms with Crippen molar-refractivity contribution >= 4 is 46.0 Å². The Balaban J connectivity index is 1.53. The Morgan fingerprint density at radius 2 is 0.846 bits per heavy atom. The maximum atomic E-state index is 5.98. The van der Waals surface area contributed by atoms with Crippen LogP contribution in [0.4, 0.5) is 0 Å². The van der Waals surface area contributed by atoms with Gasteiger partial charge < -0.3 is 0 Å². The van der Waals surface area contributed by atoms with Crippen LogP contribution >= 0.6 is 23.2 Å². The summed E-state index contributed by atoms with van der Waals surface area (Å²) in [6, 6.07) is 15.3. The predicted octanol–water partition coefficient (Wildman–Crippen LogP) is 5.28. The van der Waals surface area contributed by atoms with Gasteiger partial charge in [-0.3, -0.25) is 0 Å². The molecule has 2 aromatic rings. The second-order valence-corrected chi connectivity index (χ2v) is 7.27. The summed E-state index contributed by atoms with van der Waals surface area (Å²) < 4.78 is 0. The minimum Gasteiger partial charge on any atom is -0.154 e. The zero-order valence-electron chi connectivity index (χ0n) is 14.3. The highest BCUT2D eigenvalue weighted by atomic mass is 35.5. The zero-order valence-corrected chi connectivity index (χ0v) is 15.8. The van der Waals surface area contributed by atoms with Gasteiger partial charge in [-0.05, 0) is 35.4 Å². The first-order chi connectivity index (χ1) is 12.5. The van der Waals surface area contributed by atoms with Crippen LogP contribution in [0.25, 0.3) is 0 Å². The van der Waals surface area contributed by atoms with Gasteiger partial charge in [0.1, 0.15) is 0 Å². The van der Waals surface area contributed by atoms with Crippen molar-refractivity contribution in [2.24, 2.45) is 32.2 Å². The molecule has 0 radical (unpaired) electrons. The van der Waals surface area contributed by atoms with Gasteiger partial charge in [0.05, 0.1) is 22.8 Å². The van der Waals surface area contributed by atoms with Crippen molar-refractivity contribution in [2.75, 3.05) is 0 Å². The Morgan fingerprint density at radius 1 is 0.538 bits per heavy atom. The second-order valence-electron chi connectivity index (χ2n) is 6.40. The van der Waals surface area contributed by atoms with E-state index >= 15 is 0 Å². The summed E-state index contributed by atoms with van der Waals surface area (Å²) in [4.78, 5) is 0. The molecule has 26 heavy (non-hydrogen) atoms. The number of rotatable bonds is 3. The minimum atomic E-state index is 0.0529. The van der Waals surface area contributed by atoms with Crippen LogP contribution < -0.4 is 0 Å². The molecule has 2 aromatic carbocycles. The van der Waals surface area contributed by atoms with Gasteiger partial charge in [-0.15, -0.1) is 0 Å². The first-order valence-electron chi connectivity index (χ1n) is 8.37. The molecular formula is C20H16Cl2N4. The zero-order chi connectivity index (χ0) is 18.3. The molecule has 4 nitrogen and oxygen atoms in total. The van der Waals surface area contributed by atoms with E-state index in [1.807, 2.05) is 48.5 Å². The first-order valence-corrected chi connectivity index (χ1v) is 9.13. The molecule has 2 heterocycles. The van der Waals surface area contributed by atoms with Crippen molar-refractivity contribution < 1.29 is 0 Å². The third-order valence-corrected chi connectivity index (χ3v) is 5.22. The van der Waals surface area contributed by atoms with E-state index in [1.165, 1.54) is 0 Å². The van der Waals surface area contributed by atoms with E-state index in [0.29, 0.717) is 10.0 Å². The Morgan fingerprint density at radius 3 is 1.19 bits per heavy atom. The minimum absolute atomic E-state index is 0.0529. The average molecular weight is 383 g/mol. The van der Waals surface area contributed by atoms with E-state index in [-0.39, 0.29) is 11.8 Å². The summed E-state index contributed by atoms with van der Waals surface area (Å²) >= 11 is 12.0. The summed E-state index contributed by atoms with van der Waals surface area (Å²) in [6.45, 7) is 4.18. The van der Waals surface area contributed by atoms with Crippen LogP contribution in [-0.4, -0.2) is 22.8 Å². The highest BCUT2D eigenvalue weighted by molar-refractivity contribution is 6.52. The molecule has 0 aliphatic carbocycles. The van der Waals surface area contributed by atoms with Crippen molar-refractivity contribution in [3.8, 4) is 0 Å². The third-order valence-electron chi connectivity index (χ3n) is 4.71. The van der Waals surface area contributed by atoms with E-state index in [9.17, 15) is 0 Å². The van der Waals surface area contributed by atoms with Gasteiger partial charge in [0.2, 0.25) is 0 Å². The first kappa shape index (κ1) is 17.1. The molecule has 0 unspecified atom stereocenters. The van der Waals surface area contributed by atoms with Crippen molar-refractivity contribution in [1.82, 2.24) is 0 Å². The molecule has 0 N–H and O–H groups in total. The molecular weight excluding hydrogens is 367 g/mol. The van der Waals surface area contributed by atoms with Gasteiger partial charge >= 0.3 is 0 Å². The molecule has 130 valence electrons. The number of hydrogen-bond acceptors (Lipinski definition) is 4. The average Bonchev–Trinajstić information content (AvgIpc) is 3.19. The maximum Gasteiger partial charge on any atom is 0.0959 e. The lowest BCUT2D eigenvalue weighted by molar-refractivity contribution is 1.06. The molecule has 0 bridgehead atoms. The smallest absolute Gasteiger partial charge is 0.0959 e. The Kier molecular flexibility index (Phi) is 4.47. The molecule has 0 fully saturated rings. The topological polar surface area (TPSA) is 49.4 Å². The van der Waals surface area contributed by atoms with Crippen molar-refractivity contribution in [2.45, 2.75) is 13.8 Å². The predicted molar refractivity (Wildman–Crippen MR) is 109 cm³/mol. The lowest BCUT2D eigenvalue weighted by Crippen LogP contribution is -2.30. The highest BCUT2D eigenvalue weighted by Gasteiger charge is 2.34. The summed E-state index contributed by atoms with van der Waals surface area (Å²) in [5.41, 5.74) is 5.62. The molecule has 6 heteroatoms. The summed E-state index contributed by atoms with van der Waals surface area (Å²) in [5.74, 6) is 0.106. The number of benzene rings is 2. The molecule has 2 atom stereocenters. The van der Waals surface area contributed by atoms with Gasteiger partial charge in [0.25, 0.3) is 0 Å². The summed E-state index contributed by atoms with van der Waals surface area (Å²) in [5, 5.41) is 19.0. The monoisotopic (exact) mass is 382 g/mol. The lowest BCUT2D eigenvalue weighted by atomic mass is 9.86. The van der Waals surface area contributed by atoms with Gasteiger partial charge in [-0.25, -0.2) is 0 Å². The van der Waals surface area contributed by atoms with Crippen LogP contribution in [-0.2, 0) is 0 Å². The fraction of sp³-hybridized carbons (Fsp3) is 0.200. The van der Waals surface area contributed by atoms with E-state index in [1.54, 1.807) is 0 Å². The van der Waals surface area contributed by atoms with Crippen LogP contribution in [0.1, 0.15) is 25.0 Å². The highest BCUT2D eigenvalue weighted by Crippen LogP contribution is 2.26. The maximum absolute atomic E-state index is 5.98. The van der Waals surface area contributed by atoms with Crippen molar-refractivity contribution in [1.29, 1.82) is 0 Å². The van der Waals surface area contributed by atoms with Crippen molar-refractivity contribution in [3.05, 3.63) is 69.7 Å². The third kappa shape index (κ3) is 3.00.